The first kappa shape index (κ1) is 29.3. The molecule has 2 aromatic carbocycles. The molecule has 0 unspecified atom stereocenters. The zero-order valence-corrected chi connectivity index (χ0v) is 24.0. The van der Waals surface area contributed by atoms with Crippen molar-refractivity contribution in [1.82, 2.24) is 14.5 Å². The molecule has 0 bridgehead atoms. The van der Waals surface area contributed by atoms with Gasteiger partial charge in [-0.25, -0.2) is 8.42 Å². The first-order valence-electron chi connectivity index (χ1n) is 13.1. The number of amides is 1. The van der Waals surface area contributed by atoms with E-state index in [1.54, 1.807) is 12.1 Å². The van der Waals surface area contributed by atoms with Crippen LogP contribution in [0.2, 0.25) is 0 Å². The summed E-state index contributed by atoms with van der Waals surface area (Å²) in [6.45, 7) is 11.0. The van der Waals surface area contributed by atoms with Crippen LogP contribution in [0.4, 0.5) is 6.01 Å². The Morgan fingerprint density at radius 2 is 1.52 bits per heavy atom. The van der Waals surface area contributed by atoms with Crippen LogP contribution in [0.15, 0.2) is 45.7 Å². The van der Waals surface area contributed by atoms with Crippen molar-refractivity contribution in [2.75, 3.05) is 38.2 Å². The van der Waals surface area contributed by atoms with Crippen LogP contribution in [0.5, 0.6) is 17.2 Å². The molecule has 1 aliphatic rings. The second-order valence-electron chi connectivity index (χ2n) is 9.07. The van der Waals surface area contributed by atoms with Crippen molar-refractivity contribution in [1.29, 1.82) is 0 Å². The van der Waals surface area contributed by atoms with Crippen LogP contribution >= 0.6 is 0 Å². The van der Waals surface area contributed by atoms with Gasteiger partial charge in [-0.3, -0.25) is 10.1 Å². The number of ether oxygens (including phenoxy) is 4. The molecule has 3 aromatic rings. The van der Waals surface area contributed by atoms with Crippen LogP contribution in [0.3, 0.4) is 0 Å². The number of sulfonamides is 1. The van der Waals surface area contributed by atoms with E-state index in [-0.39, 0.29) is 47.7 Å². The largest absolute Gasteiger partial charge is 0.490 e. The molecule has 0 spiro atoms. The van der Waals surface area contributed by atoms with E-state index in [0.717, 1.165) is 0 Å². The van der Waals surface area contributed by atoms with Gasteiger partial charge in [0, 0.05) is 24.2 Å². The van der Waals surface area contributed by atoms with Gasteiger partial charge < -0.3 is 23.4 Å². The number of benzene rings is 2. The zero-order chi connectivity index (χ0) is 28.9. The molecule has 1 aliphatic heterocycles. The molecule has 40 heavy (non-hydrogen) atoms. The first-order valence-corrected chi connectivity index (χ1v) is 14.6. The molecule has 12 nitrogen and oxygen atoms in total. The van der Waals surface area contributed by atoms with Crippen molar-refractivity contribution < 1.29 is 36.6 Å². The Hall–Kier alpha value is -3.68. The van der Waals surface area contributed by atoms with Gasteiger partial charge in [-0.15, -0.1) is 5.10 Å². The highest BCUT2D eigenvalue weighted by atomic mass is 32.2. The summed E-state index contributed by atoms with van der Waals surface area (Å²) in [6, 6.07) is 8.94. The molecule has 0 radical (unpaired) electrons. The predicted molar refractivity (Wildman–Crippen MR) is 146 cm³/mol. The molecule has 1 N–H and O–H groups in total. The minimum Gasteiger partial charge on any atom is -0.490 e. The van der Waals surface area contributed by atoms with Crippen molar-refractivity contribution in [3.63, 3.8) is 0 Å². The smallest absolute Gasteiger partial charge is 0.322 e. The summed E-state index contributed by atoms with van der Waals surface area (Å²) in [7, 11) is -3.73. The maximum atomic E-state index is 13.1. The normalized spacial score (nSPS) is 17.8. The van der Waals surface area contributed by atoms with Crippen molar-refractivity contribution in [2.45, 2.75) is 51.7 Å². The fraction of sp³-hybridized carbons (Fsp3) is 0.444. The molecule has 4 rings (SSSR count). The highest BCUT2D eigenvalue weighted by Crippen LogP contribution is 2.42. The summed E-state index contributed by atoms with van der Waals surface area (Å²) >= 11 is 0. The topological polar surface area (TPSA) is 142 Å². The SMILES string of the molecule is CCOc1cc(-c2nnc(NC(=O)c3ccc(S(=O)(=O)N4C[C@@H](C)O[C@H](C)C4)cc3)o2)cc(OCC)c1OCC. The Kier molecular flexibility index (Phi) is 9.28. The zero-order valence-electron chi connectivity index (χ0n) is 23.2. The minimum atomic E-state index is -3.73. The monoisotopic (exact) mass is 574 g/mol. The lowest BCUT2D eigenvalue weighted by Crippen LogP contribution is -2.48. The number of carbonyl (C=O) groups is 1. The van der Waals surface area contributed by atoms with Crippen LogP contribution in [0.25, 0.3) is 11.5 Å². The van der Waals surface area contributed by atoms with E-state index in [1.807, 2.05) is 34.6 Å². The molecule has 1 fully saturated rings. The highest BCUT2D eigenvalue weighted by Gasteiger charge is 2.32. The second kappa shape index (κ2) is 12.7. The lowest BCUT2D eigenvalue weighted by Gasteiger charge is -2.34. The number of hydrogen-bond donors (Lipinski definition) is 1. The molecule has 13 heteroatoms. The molecule has 1 saturated heterocycles. The molecule has 2 atom stereocenters. The van der Waals surface area contributed by atoms with Gasteiger partial charge in [0.2, 0.25) is 21.7 Å². The van der Waals surface area contributed by atoms with Gasteiger partial charge in [-0.2, -0.15) is 4.31 Å². The number of morpholine rings is 1. The number of nitrogens with one attached hydrogen (secondary N) is 1. The average Bonchev–Trinajstić information content (AvgIpc) is 3.38. The summed E-state index contributed by atoms with van der Waals surface area (Å²) in [6.07, 6.45) is -0.413. The van der Waals surface area contributed by atoms with Crippen LogP contribution in [0.1, 0.15) is 45.0 Å². The van der Waals surface area contributed by atoms with Gasteiger partial charge in [0.15, 0.2) is 11.5 Å². The molecule has 0 saturated carbocycles. The number of rotatable bonds is 11. The van der Waals surface area contributed by atoms with Crippen LogP contribution in [-0.4, -0.2) is 73.9 Å². The third-order valence-corrected chi connectivity index (χ3v) is 7.79. The summed E-state index contributed by atoms with van der Waals surface area (Å²) in [5.74, 6) is 1.00. The number of aromatic nitrogens is 2. The first-order chi connectivity index (χ1) is 19.2. The van der Waals surface area contributed by atoms with Crippen LogP contribution in [0, 0.1) is 0 Å². The maximum Gasteiger partial charge on any atom is 0.322 e. The Morgan fingerprint density at radius 3 is 2.08 bits per heavy atom. The van der Waals surface area contributed by atoms with E-state index in [0.29, 0.717) is 42.6 Å². The molecule has 216 valence electrons. The summed E-state index contributed by atoms with van der Waals surface area (Å²) < 4.78 is 56.1. The Balaban J connectivity index is 1.50. The third-order valence-electron chi connectivity index (χ3n) is 5.94. The van der Waals surface area contributed by atoms with Crippen molar-refractivity contribution in [2.24, 2.45) is 0 Å². The van der Waals surface area contributed by atoms with Crippen molar-refractivity contribution in [3.05, 3.63) is 42.0 Å². The Labute approximate surface area is 233 Å². The van der Waals surface area contributed by atoms with Gasteiger partial charge >= 0.3 is 6.01 Å². The molecular formula is C27H34N4O8S. The molecule has 1 aromatic heterocycles. The molecule has 0 aliphatic carbocycles. The van der Waals surface area contributed by atoms with Gasteiger partial charge in [0.25, 0.3) is 5.91 Å². The number of carbonyl (C=O) groups excluding carboxylic acids is 1. The third kappa shape index (κ3) is 6.54. The summed E-state index contributed by atoms with van der Waals surface area (Å²) in [5, 5.41) is 10.5. The van der Waals surface area contributed by atoms with E-state index >= 15 is 0 Å². The standard InChI is InChI=1S/C27H34N4O8S/c1-6-35-22-13-20(14-23(36-7-2)24(22)37-8-3)26-29-30-27(39-26)28-25(32)19-9-11-21(12-10-19)40(33,34)31-15-17(4)38-18(5)16-31/h9-14,17-18H,6-8,15-16H2,1-5H3,(H,28,30,32)/t17-,18-/m1/s1. The fourth-order valence-corrected chi connectivity index (χ4v) is 5.92. The lowest BCUT2D eigenvalue weighted by atomic mass is 10.2. The van der Waals surface area contributed by atoms with Crippen molar-refractivity contribution >= 4 is 21.9 Å². The van der Waals surface area contributed by atoms with Crippen LogP contribution in [-0.2, 0) is 14.8 Å². The molecule has 2 heterocycles. The predicted octanol–water partition coefficient (Wildman–Crippen LogP) is 3.98. The van der Waals surface area contributed by atoms with E-state index < -0.39 is 15.9 Å². The Bertz CT molecular complexity index is 1390. The highest BCUT2D eigenvalue weighted by molar-refractivity contribution is 7.89. The van der Waals surface area contributed by atoms with Crippen LogP contribution < -0.4 is 19.5 Å². The van der Waals surface area contributed by atoms with E-state index in [1.165, 1.54) is 28.6 Å². The number of hydrogen-bond acceptors (Lipinski definition) is 10. The van der Waals surface area contributed by atoms with Gasteiger partial charge in [-0.1, -0.05) is 5.10 Å². The van der Waals surface area contributed by atoms with E-state index in [4.69, 9.17) is 23.4 Å². The summed E-state index contributed by atoms with van der Waals surface area (Å²) in [4.78, 5) is 12.9. The number of nitrogens with zero attached hydrogens (tertiary/aromatic N) is 3. The molecule has 1 amide bonds. The Morgan fingerprint density at radius 1 is 0.950 bits per heavy atom. The van der Waals surface area contributed by atoms with E-state index in [9.17, 15) is 13.2 Å². The number of anilines is 1. The van der Waals surface area contributed by atoms with Crippen molar-refractivity contribution in [3.8, 4) is 28.7 Å². The lowest BCUT2D eigenvalue weighted by molar-refractivity contribution is -0.0440. The quantitative estimate of drug-likeness (QED) is 0.357. The maximum absolute atomic E-state index is 13.1. The van der Waals surface area contributed by atoms with E-state index in [2.05, 4.69) is 15.5 Å². The minimum absolute atomic E-state index is 0.0936. The van der Waals surface area contributed by atoms with Gasteiger partial charge in [-0.05, 0) is 71.0 Å². The second-order valence-corrected chi connectivity index (χ2v) is 11.0. The molecular weight excluding hydrogens is 540 g/mol. The average molecular weight is 575 g/mol. The van der Waals surface area contributed by atoms with Gasteiger partial charge in [0.05, 0.1) is 36.9 Å². The summed E-state index contributed by atoms with van der Waals surface area (Å²) in [5.41, 5.74) is 0.741. The van der Waals surface area contributed by atoms with Gasteiger partial charge in [0.1, 0.15) is 0 Å². The fourth-order valence-electron chi connectivity index (χ4n) is 4.33.